The maximum absolute atomic E-state index is 6.23. The standard InChI is InChI=1S/2C56H41NO/c1-38-13-17-40(18-14-38)45-7-5-9-47(35-45)42-21-28-50(29-22-42)57(51-30-23-43(24-31-51)48-10-6-8-46(36-48)41-19-15-39(2)16-20-41)52-32-25-44(26-33-52)49-27-34-54-53-11-3-4-12-55(53)58-56(54)37-49;1-38-7-11-40(12-8-38)42-15-19-44(20-16-42)46-23-30-50(31-24-46)57(51-32-25-47(26-33-51)45-21-17-43(18-22-45)41-13-9-39(2)10-14-41)52-34-27-48(28-35-52)49-29-36-54-53-5-3-4-6-55(53)58-56(54)37-49/h2*3-37H,1-2H3. The Morgan fingerprint density at radius 1 is 0.138 bits per heavy atom. The van der Waals surface area contributed by atoms with Crippen LogP contribution in [0.2, 0.25) is 0 Å². The Kier molecular flexibility index (Phi) is 19.3. The molecule has 20 rings (SSSR count). The third-order valence-electron chi connectivity index (χ3n) is 22.5. The van der Waals surface area contributed by atoms with Gasteiger partial charge in [-0.3, -0.25) is 0 Å². The number of anilines is 6. The zero-order valence-electron chi connectivity index (χ0n) is 65.1. The minimum atomic E-state index is 0.901. The van der Waals surface area contributed by atoms with Crippen molar-refractivity contribution in [1.29, 1.82) is 0 Å². The number of aryl methyl sites for hydroxylation is 4. The summed E-state index contributed by atoms with van der Waals surface area (Å²) in [5.74, 6) is 0. The number of nitrogens with zero attached hydrogens (tertiary/aromatic N) is 2. The number of furan rings is 2. The van der Waals surface area contributed by atoms with Crippen LogP contribution in [0.3, 0.4) is 0 Å². The molecule has 4 nitrogen and oxygen atoms in total. The third kappa shape index (κ3) is 14.9. The molecule has 0 atom stereocenters. The fourth-order valence-electron chi connectivity index (χ4n) is 16.0. The summed E-state index contributed by atoms with van der Waals surface area (Å²) in [7, 11) is 0. The van der Waals surface area contributed by atoms with E-state index in [1.54, 1.807) is 0 Å². The van der Waals surface area contributed by atoms with Crippen LogP contribution in [0.25, 0.3) is 155 Å². The normalized spacial score (nSPS) is 11.3. The second-order valence-electron chi connectivity index (χ2n) is 30.4. The quantitative estimate of drug-likeness (QED) is 0.0965. The van der Waals surface area contributed by atoms with Crippen LogP contribution in [0.5, 0.6) is 0 Å². The monoisotopic (exact) mass is 1490 g/mol. The molecule has 0 fully saturated rings. The molecule has 0 amide bonds. The highest BCUT2D eigenvalue weighted by Gasteiger charge is 2.19. The summed E-state index contributed by atoms with van der Waals surface area (Å²) in [5.41, 5.74) is 39.0. The fraction of sp³-hybridized carbons (Fsp3) is 0.0357. The first-order valence-corrected chi connectivity index (χ1v) is 39.8. The second kappa shape index (κ2) is 31.4. The predicted molar refractivity (Wildman–Crippen MR) is 490 cm³/mol. The highest BCUT2D eigenvalue weighted by atomic mass is 16.3. The van der Waals surface area contributed by atoms with E-state index >= 15 is 0 Å². The van der Waals surface area contributed by atoms with Gasteiger partial charge >= 0.3 is 0 Å². The van der Waals surface area contributed by atoms with Crippen molar-refractivity contribution in [2.45, 2.75) is 27.7 Å². The summed E-state index contributed by atoms with van der Waals surface area (Å²) in [4.78, 5) is 4.67. The molecule has 4 heteroatoms. The van der Waals surface area contributed by atoms with Gasteiger partial charge in [-0.1, -0.05) is 326 Å². The van der Waals surface area contributed by atoms with Gasteiger partial charge in [-0.25, -0.2) is 0 Å². The zero-order valence-corrected chi connectivity index (χ0v) is 65.1. The molecule has 0 aliphatic heterocycles. The molecule has 20 aromatic rings. The smallest absolute Gasteiger partial charge is 0.136 e. The summed E-state index contributed by atoms with van der Waals surface area (Å²) in [6.07, 6.45) is 0. The van der Waals surface area contributed by atoms with Gasteiger partial charge in [0.1, 0.15) is 22.3 Å². The molecule has 116 heavy (non-hydrogen) atoms. The van der Waals surface area contributed by atoms with Crippen molar-refractivity contribution in [1.82, 2.24) is 0 Å². The molecule has 2 aromatic heterocycles. The van der Waals surface area contributed by atoms with Gasteiger partial charge in [0.15, 0.2) is 0 Å². The summed E-state index contributed by atoms with van der Waals surface area (Å²) in [6.45, 7) is 8.50. The molecule has 0 aliphatic rings. The van der Waals surface area contributed by atoms with Gasteiger partial charge in [-0.2, -0.15) is 0 Å². The minimum absolute atomic E-state index is 0.901. The minimum Gasteiger partial charge on any atom is -0.456 e. The van der Waals surface area contributed by atoms with E-state index in [9.17, 15) is 0 Å². The number of benzene rings is 18. The Morgan fingerprint density at radius 2 is 0.310 bits per heavy atom. The molecular weight excluding hydrogens is 1410 g/mol. The van der Waals surface area contributed by atoms with Crippen molar-refractivity contribution in [2.75, 3.05) is 9.80 Å². The lowest BCUT2D eigenvalue weighted by molar-refractivity contribution is 0.668. The van der Waals surface area contributed by atoms with E-state index in [2.05, 4.69) is 438 Å². The molecule has 0 spiro atoms. The molecule has 0 aliphatic carbocycles. The molecular formula is C112H82N2O2. The molecule has 2 heterocycles. The van der Waals surface area contributed by atoms with Crippen LogP contribution in [-0.2, 0) is 0 Å². The van der Waals surface area contributed by atoms with Crippen molar-refractivity contribution >= 4 is 78.0 Å². The molecule has 0 N–H and O–H groups in total. The lowest BCUT2D eigenvalue weighted by Gasteiger charge is -2.26. The molecule has 0 saturated heterocycles. The number of hydrogen-bond donors (Lipinski definition) is 0. The van der Waals surface area contributed by atoms with Gasteiger partial charge in [-0.05, 0) is 260 Å². The van der Waals surface area contributed by atoms with Gasteiger partial charge in [0.25, 0.3) is 0 Å². The van der Waals surface area contributed by atoms with Gasteiger partial charge < -0.3 is 18.6 Å². The predicted octanol–water partition coefficient (Wildman–Crippen LogP) is 32.0. The maximum atomic E-state index is 6.23. The summed E-state index contributed by atoms with van der Waals surface area (Å²) in [5, 5.41) is 4.56. The maximum Gasteiger partial charge on any atom is 0.136 e. The third-order valence-corrected chi connectivity index (χ3v) is 22.5. The molecule has 552 valence electrons. The van der Waals surface area contributed by atoms with Gasteiger partial charge in [0.05, 0.1) is 0 Å². The first-order chi connectivity index (χ1) is 57.0. The topological polar surface area (TPSA) is 32.8 Å². The van der Waals surface area contributed by atoms with Crippen molar-refractivity contribution in [3.05, 3.63) is 447 Å². The summed E-state index contributed by atoms with van der Waals surface area (Å²) >= 11 is 0. The Balaban J connectivity index is 0.000000155. The van der Waals surface area contributed by atoms with Crippen LogP contribution in [0.4, 0.5) is 34.1 Å². The van der Waals surface area contributed by atoms with Gasteiger partial charge in [-0.15, -0.1) is 0 Å². The largest absolute Gasteiger partial charge is 0.456 e. The summed E-state index contributed by atoms with van der Waals surface area (Å²) in [6, 6.07) is 153. The van der Waals surface area contributed by atoms with Crippen LogP contribution in [0, 0.1) is 27.7 Å². The lowest BCUT2D eigenvalue weighted by Crippen LogP contribution is -2.09. The number of hydrogen-bond acceptors (Lipinski definition) is 4. The van der Waals surface area contributed by atoms with E-state index in [0.717, 1.165) is 100 Å². The zero-order chi connectivity index (χ0) is 78.0. The van der Waals surface area contributed by atoms with Gasteiger partial charge in [0.2, 0.25) is 0 Å². The Morgan fingerprint density at radius 3 is 0.543 bits per heavy atom. The van der Waals surface area contributed by atoms with Crippen LogP contribution < -0.4 is 9.80 Å². The van der Waals surface area contributed by atoms with E-state index in [-0.39, 0.29) is 0 Å². The van der Waals surface area contributed by atoms with E-state index < -0.39 is 0 Å². The number of rotatable bonds is 16. The highest BCUT2D eigenvalue weighted by molar-refractivity contribution is 6.07. The first-order valence-electron chi connectivity index (χ1n) is 39.8. The van der Waals surface area contributed by atoms with Gasteiger partial charge in [0, 0.05) is 55.7 Å². The summed E-state index contributed by atoms with van der Waals surface area (Å²) < 4.78 is 12.5. The Bertz CT molecular complexity index is 6600. The second-order valence-corrected chi connectivity index (χ2v) is 30.4. The van der Waals surface area contributed by atoms with Crippen molar-refractivity contribution in [2.24, 2.45) is 0 Å². The van der Waals surface area contributed by atoms with Crippen LogP contribution >= 0.6 is 0 Å². The SMILES string of the molecule is Cc1ccc(-c2ccc(-c3ccc(N(c4ccc(-c5ccc(-c6ccc(C)cc6)cc5)cc4)c4ccc(-c5ccc6c(c5)oc5ccccc56)cc4)cc3)cc2)cc1.Cc1ccc(-c2cccc(-c3ccc(N(c4ccc(-c5cccc(-c6ccc(C)cc6)c5)cc4)c4ccc(-c5ccc6c(c5)oc5ccccc56)cc4)cc3)c2)cc1. The van der Waals surface area contributed by atoms with Crippen molar-refractivity contribution in [3.8, 4) is 111 Å². The highest BCUT2D eigenvalue weighted by Crippen LogP contribution is 2.43. The first kappa shape index (κ1) is 71.5. The van der Waals surface area contributed by atoms with Crippen LogP contribution in [0.15, 0.2) is 433 Å². The molecule has 0 unspecified atom stereocenters. The van der Waals surface area contributed by atoms with E-state index in [4.69, 9.17) is 8.83 Å². The van der Waals surface area contributed by atoms with Crippen LogP contribution in [0.1, 0.15) is 22.3 Å². The van der Waals surface area contributed by atoms with E-state index in [0.29, 0.717) is 0 Å². The molecule has 0 saturated carbocycles. The Labute approximate surface area is 678 Å². The average molecular weight is 1490 g/mol. The average Bonchev–Trinajstić information content (AvgIpc) is 1.65. The number of para-hydroxylation sites is 2. The molecule has 0 radical (unpaired) electrons. The number of fused-ring (bicyclic) bond motifs is 6. The Hall–Kier alpha value is -14.8. The van der Waals surface area contributed by atoms with E-state index in [1.165, 1.54) is 111 Å². The van der Waals surface area contributed by atoms with E-state index in [1.807, 2.05) is 24.3 Å². The fourth-order valence-corrected chi connectivity index (χ4v) is 16.0. The van der Waals surface area contributed by atoms with Crippen molar-refractivity contribution < 1.29 is 8.83 Å². The lowest BCUT2D eigenvalue weighted by atomic mass is 9.98. The van der Waals surface area contributed by atoms with Crippen LogP contribution in [-0.4, -0.2) is 0 Å². The molecule has 0 bridgehead atoms. The van der Waals surface area contributed by atoms with Crippen molar-refractivity contribution in [3.63, 3.8) is 0 Å². The molecule has 18 aromatic carbocycles.